The van der Waals surface area contributed by atoms with Crippen LogP contribution in [-0.2, 0) is 19.1 Å². The van der Waals surface area contributed by atoms with Crippen molar-refractivity contribution in [3.63, 3.8) is 0 Å². The van der Waals surface area contributed by atoms with E-state index in [4.69, 9.17) is 0 Å². The maximum absolute atomic E-state index is 12.3. The second-order valence-electron chi connectivity index (χ2n) is 5.05. The number of para-hydroxylation sites is 1. The van der Waals surface area contributed by atoms with Gasteiger partial charge in [0.25, 0.3) is 5.91 Å². The number of esters is 2. The third-order valence-electron chi connectivity index (χ3n) is 3.50. The van der Waals surface area contributed by atoms with Crippen LogP contribution in [0.1, 0.15) is 22.5 Å². The first-order valence-electron chi connectivity index (χ1n) is 7.00. The largest absolute Gasteiger partial charge is 0.469 e. The standard InChI is InChI=1S/C16H18N2O5/c1-9-5-4-6-10-7-11(17-14(9)10)15(20)18-12(16(21)23-3)8-13(19)22-2/h4-7,12,17H,8H2,1-3H3,(H,18,20)/t12-/m1/s1. The molecule has 122 valence electrons. The van der Waals surface area contributed by atoms with Gasteiger partial charge in [0.1, 0.15) is 11.7 Å². The van der Waals surface area contributed by atoms with Gasteiger partial charge in [-0.3, -0.25) is 9.59 Å². The Hall–Kier alpha value is -2.83. The highest BCUT2D eigenvalue weighted by Crippen LogP contribution is 2.18. The van der Waals surface area contributed by atoms with E-state index < -0.39 is 23.9 Å². The van der Waals surface area contributed by atoms with Crippen LogP contribution in [0, 0.1) is 6.92 Å². The van der Waals surface area contributed by atoms with Gasteiger partial charge in [-0.1, -0.05) is 18.2 Å². The summed E-state index contributed by atoms with van der Waals surface area (Å²) in [4.78, 5) is 38.4. The number of ether oxygens (including phenoxy) is 2. The van der Waals surface area contributed by atoms with Crippen molar-refractivity contribution in [2.45, 2.75) is 19.4 Å². The predicted octanol–water partition coefficient (Wildman–Crippen LogP) is 1.31. The molecule has 7 heteroatoms. The summed E-state index contributed by atoms with van der Waals surface area (Å²) in [6.07, 6.45) is -0.297. The minimum atomic E-state index is -1.10. The van der Waals surface area contributed by atoms with Crippen LogP contribution in [0.3, 0.4) is 0 Å². The Kier molecular flexibility index (Phi) is 5.00. The van der Waals surface area contributed by atoms with Crippen molar-refractivity contribution in [1.29, 1.82) is 0 Å². The van der Waals surface area contributed by atoms with Gasteiger partial charge in [0.05, 0.1) is 20.6 Å². The molecule has 1 amide bonds. The normalized spacial score (nSPS) is 11.8. The average molecular weight is 318 g/mol. The maximum atomic E-state index is 12.3. The number of hydrogen-bond donors (Lipinski definition) is 2. The topological polar surface area (TPSA) is 97.5 Å². The highest BCUT2D eigenvalue weighted by molar-refractivity contribution is 6.00. The third kappa shape index (κ3) is 3.68. The smallest absolute Gasteiger partial charge is 0.328 e. The number of aryl methyl sites for hydroxylation is 1. The molecule has 0 aliphatic carbocycles. The summed E-state index contributed by atoms with van der Waals surface area (Å²) in [5, 5.41) is 3.37. The number of benzene rings is 1. The SMILES string of the molecule is COC(=O)C[C@@H](NC(=O)c1cc2cccc(C)c2[nH]1)C(=O)OC. The van der Waals surface area contributed by atoms with Gasteiger partial charge in [0.15, 0.2) is 0 Å². The molecule has 23 heavy (non-hydrogen) atoms. The summed E-state index contributed by atoms with van der Waals surface area (Å²) < 4.78 is 9.12. The molecule has 0 spiro atoms. The van der Waals surface area contributed by atoms with Crippen molar-refractivity contribution in [3.8, 4) is 0 Å². The number of aromatic amines is 1. The van der Waals surface area contributed by atoms with E-state index in [2.05, 4.69) is 19.8 Å². The highest BCUT2D eigenvalue weighted by Gasteiger charge is 2.26. The fraction of sp³-hybridized carbons (Fsp3) is 0.312. The Balaban J connectivity index is 2.21. The zero-order chi connectivity index (χ0) is 17.0. The summed E-state index contributed by atoms with van der Waals surface area (Å²) in [5.74, 6) is -1.83. The molecule has 0 aliphatic heterocycles. The lowest BCUT2D eigenvalue weighted by Crippen LogP contribution is -2.43. The predicted molar refractivity (Wildman–Crippen MR) is 82.9 cm³/mol. The molecule has 0 saturated heterocycles. The van der Waals surface area contributed by atoms with Crippen LogP contribution < -0.4 is 5.32 Å². The molecule has 0 bridgehead atoms. The third-order valence-corrected chi connectivity index (χ3v) is 3.50. The number of fused-ring (bicyclic) bond motifs is 1. The van der Waals surface area contributed by atoms with Crippen molar-refractivity contribution in [3.05, 3.63) is 35.5 Å². The number of rotatable bonds is 5. The van der Waals surface area contributed by atoms with Crippen LogP contribution in [-0.4, -0.2) is 43.1 Å². The molecule has 0 fully saturated rings. The number of amides is 1. The van der Waals surface area contributed by atoms with E-state index in [0.717, 1.165) is 16.5 Å². The van der Waals surface area contributed by atoms with Crippen LogP contribution >= 0.6 is 0 Å². The van der Waals surface area contributed by atoms with Crippen LogP contribution in [0.2, 0.25) is 0 Å². The van der Waals surface area contributed by atoms with Gasteiger partial charge in [-0.25, -0.2) is 4.79 Å². The van der Waals surface area contributed by atoms with Gasteiger partial charge < -0.3 is 19.8 Å². The molecular formula is C16H18N2O5. The first-order valence-corrected chi connectivity index (χ1v) is 7.00. The van der Waals surface area contributed by atoms with Crippen molar-refractivity contribution in [2.75, 3.05) is 14.2 Å². The molecule has 2 rings (SSSR count). The average Bonchev–Trinajstić information content (AvgIpc) is 2.99. The monoisotopic (exact) mass is 318 g/mol. The first-order chi connectivity index (χ1) is 11.0. The highest BCUT2D eigenvalue weighted by atomic mass is 16.5. The molecule has 0 saturated carbocycles. The van der Waals surface area contributed by atoms with Gasteiger partial charge >= 0.3 is 11.9 Å². The molecular weight excluding hydrogens is 300 g/mol. The van der Waals surface area contributed by atoms with E-state index in [1.165, 1.54) is 14.2 Å². The molecule has 2 N–H and O–H groups in total. The van der Waals surface area contributed by atoms with Gasteiger partial charge in [-0.15, -0.1) is 0 Å². The Bertz CT molecular complexity index is 750. The number of methoxy groups -OCH3 is 2. The zero-order valence-corrected chi connectivity index (χ0v) is 13.1. The minimum Gasteiger partial charge on any atom is -0.469 e. The lowest BCUT2D eigenvalue weighted by atomic mass is 10.1. The van der Waals surface area contributed by atoms with Crippen molar-refractivity contribution < 1.29 is 23.9 Å². The quantitative estimate of drug-likeness (QED) is 0.810. The van der Waals surface area contributed by atoms with Crippen molar-refractivity contribution in [2.24, 2.45) is 0 Å². The van der Waals surface area contributed by atoms with Crippen LogP contribution in [0.5, 0.6) is 0 Å². The second-order valence-corrected chi connectivity index (χ2v) is 5.05. The van der Waals surface area contributed by atoms with E-state index in [0.29, 0.717) is 5.69 Å². The van der Waals surface area contributed by atoms with Crippen LogP contribution in [0.25, 0.3) is 10.9 Å². The Morgan fingerprint density at radius 3 is 2.57 bits per heavy atom. The minimum absolute atomic E-state index is 0.297. The summed E-state index contributed by atoms with van der Waals surface area (Å²) >= 11 is 0. The number of H-pyrrole nitrogens is 1. The number of aromatic nitrogens is 1. The van der Waals surface area contributed by atoms with E-state index in [9.17, 15) is 14.4 Å². The molecule has 1 aromatic heterocycles. The van der Waals surface area contributed by atoms with E-state index in [-0.39, 0.29) is 6.42 Å². The lowest BCUT2D eigenvalue weighted by Gasteiger charge is -2.14. The molecule has 1 aromatic carbocycles. The number of carbonyl (C=O) groups excluding carboxylic acids is 3. The molecule has 0 aliphatic rings. The maximum Gasteiger partial charge on any atom is 0.328 e. The van der Waals surface area contributed by atoms with Gasteiger partial charge in [0, 0.05) is 10.9 Å². The van der Waals surface area contributed by atoms with Crippen molar-refractivity contribution in [1.82, 2.24) is 10.3 Å². The summed E-state index contributed by atoms with van der Waals surface area (Å²) in [6, 6.07) is 6.27. The summed E-state index contributed by atoms with van der Waals surface area (Å²) in [6.45, 7) is 1.93. The van der Waals surface area contributed by atoms with E-state index >= 15 is 0 Å². The summed E-state index contributed by atoms with van der Waals surface area (Å²) in [7, 11) is 2.39. The molecule has 1 heterocycles. The number of carbonyl (C=O) groups is 3. The fourth-order valence-electron chi connectivity index (χ4n) is 2.25. The fourth-order valence-corrected chi connectivity index (χ4v) is 2.25. The zero-order valence-electron chi connectivity index (χ0n) is 13.1. The number of nitrogens with one attached hydrogen (secondary N) is 2. The summed E-state index contributed by atoms with van der Waals surface area (Å²) in [5.41, 5.74) is 2.15. The Labute approximate surface area is 133 Å². The van der Waals surface area contributed by atoms with Gasteiger partial charge in [-0.2, -0.15) is 0 Å². The first kappa shape index (κ1) is 16.5. The van der Waals surface area contributed by atoms with Gasteiger partial charge in [0.2, 0.25) is 0 Å². The second kappa shape index (κ2) is 6.95. The molecule has 0 unspecified atom stereocenters. The van der Waals surface area contributed by atoms with Gasteiger partial charge in [-0.05, 0) is 18.6 Å². The van der Waals surface area contributed by atoms with E-state index in [1.807, 2.05) is 25.1 Å². The van der Waals surface area contributed by atoms with Crippen molar-refractivity contribution >= 4 is 28.7 Å². The van der Waals surface area contributed by atoms with Crippen LogP contribution in [0.15, 0.2) is 24.3 Å². The lowest BCUT2D eigenvalue weighted by molar-refractivity contribution is -0.149. The Morgan fingerprint density at radius 1 is 1.22 bits per heavy atom. The molecule has 2 aromatic rings. The molecule has 0 radical (unpaired) electrons. The van der Waals surface area contributed by atoms with Crippen LogP contribution in [0.4, 0.5) is 0 Å². The Morgan fingerprint density at radius 2 is 1.96 bits per heavy atom. The molecule has 1 atom stereocenters. The van der Waals surface area contributed by atoms with E-state index in [1.54, 1.807) is 6.07 Å². The number of hydrogen-bond acceptors (Lipinski definition) is 5. The molecule has 7 nitrogen and oxygen atoms in total.